The standard InChI is InChI=1S/C20H18FN3O/c21-16-8-10-17(11-9-16)25-19-12-13-22-20(23-19)24-14-4-7-18(24)15-5-2-1-3-6-15/h1-3,5-6,8-13,18H,4,7,14H2. The van der Waals surface area contributed by atoms with Crippen LogP contribution in [-0.4, -0.2) is 16.5 Å². The fourth-order valence-electron chi connectivity index (χ4n) is 3.18. The first-order valence-corrected chi connectivity index (χ1v) is 8.38. The van der Waals surface area contributed by atoms with Gasteiger partial charge in [0.2, 0.25) is 11.8 Å². The van der Waals surface area contributed by atoms with Gasteiger partial charge < -0.3 is 9.64 Å². The molecule has 0 bridgehead atoms. The molecule has 0 saturated carbocycles. The van der Waals surface area contributed by atoms with Gasteiger partial charge in [-0.2, -0.15) is 4.98 Å². The number of halogens is 1. The molecule has 1 aliphatic rings. The van der Waals surface area contributed by atoms with E-state index in [0.29, 0.717) is 17.6 Å². The number of anilines is 1. The van der Waals surface area contributed by atoms with Crippen molar-refractivity contribution in [3.63, 3.8) is 0 Å². The molecular formula is C20H18FN3O. The monoisotopic (exact) mass is 335 g/mol. The molecule has 0 spiro atoms. The Balaban J connectivity index is 1.57. The highest BCUT2D eigenvalue weighted by molar-refractivity contribution is 5.40. The molecule has 1 atom stereocenters. The summed E-state index contributed by atoms with van der Waals surface area (Å²) < 4.78 is 18.7. The van der Waals surface area contributed by atoms with Gasteiger partial charge in [0.15, 0.2) is 0 Å². The SMILES string of the molecule is Fc1ccc(Oc2ccnc(N3CCCC3c3ccccc3)n2)cc1. The van der Waals surface area contributed by atoms with Gasteiger partial charge in [0.25, 0.3) is 0 Å². The lowest BCUT2D eigenvalue weighted by molar-refractivity contribution is 0.459. The van der Waals surface area contributed by atoms with Crippen LogP contribution in [0.3, 0.4) is 0 Å². The summed E-state index contributed by atoms with van der Waals surface area (Å²) in [4.78, 5) is 11.2. The van der Waals surface area contributed by atoms with E-state index in [1.807, 2.05) is 6.07 Å². The van der Waals surface area contributed by atoms with Crippen LogP contribution in [0.2, 0.25) is 0 Å². The van der Waals surface area contributed by atoms with Crippen molar-refractivity contribution in [2.75, 3.05) is 11.4 Å². The molecule has 3 aromatic rings. The maximum absolute atomic E-state index is 13.0. The van der Waals surface area contributed by atoms with Crippen LogP contribution in [0.25, 0.3) is 0 Å². The van der Waals surface area contributed by atoms with Crippen LogP contribution < -0.4 is 9.64 Å². The second kappa shape index (κ2) is 6.89. The second-order valence-corrected chi connectivity index (χ2v) is 6.01. The molecule has 1 fully saturated rings. The van der Waals surface area contributed by atoms with Crippen LogP contribution in [0.1, 0.15) is 24.4 Å². The lowest BCUT2D eigenvalue weighted by Gasteiger charge is -2.25. The molecule has 5 heteroatoms. The highest BCUT2D eigenvalue weighted by Crippen LogP contribution is 2.35. The van der Waals surface area contributed by atoms with Crippen LogP contribution in [0.5, 0.6) is 11.6 Å². The molecule has 1 aliphatic heterocycles. The van der Waals surface area contributed by atoms with E-state index in [4.69, 9.17) is 4.74 Å². The fourth-order valence-corrected chi connectivity index (χ4v) is 3.18. The lowest BCUT2D eigenvalue weighted by atomic mass is 10.1. The minimum Gasteiger partial charge on any atom is -0.439 e. The first-order chi connectivity index (χ1) is 12.3. The molecule has 1 aromatic heterocycles. The molecule has 126 valence electrons. The Morgan fingerprint density at radius 2 is 1.80 bits per heavy atom. The highest BCUT2D eigenvalue weighted by atomic mass is 19.1. The number of benzene rings is 2. The summed E-state index contributed by atoms with van der Waals surface area (Å²) in [5.74, 6) is 1.37. The number of aromatic nitrogens is 2. The normalized spacial score (nSPS) is 16.8. The van der Waals surface area contributed by atoms with Gasteiger partial charge in [0.1, 0.15) is 11.6 Å². The summed E-state index contributed by atoms with van der Waals surface area (Å²) in [6, 6.07) is 18.3. The predicted octanol–water partition coefficient (Wildman–Crippen LogP) is 4.75. The molecular weight excluding hydrogens is 317 g/mol. The Morgan fingerprint density at radius 3 is 2.60 bits per heavy atom. The molecule has 1 saturated heterocycles. The van der Waals surface area contributed by atoms with Gasteiger partial charge in [-0.1, -0.05) is 30.3 Å². The molecule has 0 aliphatic carbocycles. The average Bonchev–Trinajstić information content (AvgIpc) is 3.15. The number of hydrogen-bond acceptors (Lipinski definition) is 4. The van der Waals surface area contributed by atoms with Gasteiger partial charge in [0, 0.05) is 18.8 Å². The molecule has 25 heavy (non-hydrogen) atoms. The van der Waals surface area contributed by atoms with Crippen LogP contribution in [-0.2, 0) is 0 Å². The largest absolute Gasteiger partial charge is 0.439 e. The number of rotatable bonds is 4. The van der Waals surface area contributed by atoms with Crippen molar-refractivity contribution >= 4 is 5.95 Å². The van der Waals surface area contributed by atoms with Crippen molar-refractivity contribution in [3.05, 3.63) is 78.2 Å². The fraction of sp³-hybridized carbons (Fsp3) is 0.200. The van der Waals surface area contributed by atoms with Crippen LogP contribution >= 0.6 is 0 Å². The van der Waals surface area contributed by atoms with Gasteiger partial charge in [-0.3, -0.25) is 0 Å². The van der Waals surface area contributed by atoms with Crippen LogP contribution in [0.15, 0.2) is 66.9 Å². The zero-order valence-electron chi connectivity index (χ0n) is 13.7. The number of nitrogens with zero attached hydrogens (tertiary/aromatic N) is 3. The first kappa shape index (κ1) is 15.6. The van der Waals surface area contributed by atoms with Gasteiger partial charge in [-0.05, 0) is 42.7 Å². The van der Waals surface area contributed by atoms with Crippen molar-refractivity contribution in [2.45, 2.75) is 18.9 Å². The van der Waals surface area contributed by atoms with Crippen LogP contribution in [0, 0.1) is 5.82 Å². The molecule has 2 aromatic carbocycles. The Kier molecular flexibility index (Phi) is 4.29. The topological polar surface area (TPSA) is 38.2 Å². The van der Waals surface area contributed by atoms with Crippen LogP contribution in [0.4, 0.5) is 10.3 Å². The molecule has 4 nitrogen and oxygen atoms in total. The molecule has 1 unspecified atom stereocenters. The predicted molar refractivity (Wildman–Crippen MR) is 94.3 cm³/mol. The van der Waals surface area contributed by atoms with E-state index in [9.17, 15) is 4.39 Å². The quantitative estimate of drug-likeness (QED) is 0.690. The minimum absolute atomic E-state index is 0.280. The van der Waals surface area contributed by atoms with Gasteiger partial charge >= 0.3 is 0 Å². The van der Waals surface area contributed by atoms with Crippen molar-refractivity contribution in [1.82, 2.24) is 9.97 Å². The van der Waals surface area contributed by atoms with E-state index in [2.05, 4.69) is 39.1 Å². The van der Waals surface area contributed by atoms with Gasteiger partial charge in [-0.15, -0.1) is 0 Å². The molecule has 4 rings (SSSR count). The summed E-state index contributed by atoms with van der Waals surface area (Å²) in [6.45, 7) is 0.916. The number of hydrogen-bond donors (Lipinski definition) is 0. The summed E-state index contributed by atoms with van der Waals surface area (Å²) in [6.07, 6.45) is 3.88. The van der Waals surface area contributed by atoms with Gasteiger partial charge in [-0.25, -0.2) is 9.37 Å². The Morgan fingerprint density at radius 1 is 1.00 bits per heavy atom. The maximum atomic E-state index is 13.0. The molecule has 0 amide bonds. The smallest absolute Gasteiger partial charge is 0.229 e. The van der Waals surface area contributed by atoms with Crippen molar-refractivity contribution in [3.8, 4) is 11.6 Å². The van der Waals surface area contributed by atoms with E-state index < -0.39 is 0 Å². The highest BCUT2D eigenvalue weighted by Gasteiger charge is 2.28. The second-order valence-electron chi connectivity index (χ2n) is 6.01. The van der Waals surface area contributed by atoms with Gasteiger partial charge in [0.05, 0.1) is 6.04 Å². The van der Waals surface area contributed by atoms with E-state index in [-0.39, 0.29) is 11.9 Å². The summed E-state index contributed by atoms with van der Waals surface area (Å²) in [7, 11) is 0. The Bertz CT molecular complexity index is 839. The average molecular weight is 335 g/mol. The third-order valence-electron chi connectivity index (χ3n) is 4.35. The summed E-state index contributed by atoms with van der Waals surface area (Å²) >= 11 is 0. The van der Waals surface area contributed by atoms with Crippen molar-refractivity contribution < 1.29 is 9.13 Å². The van der Waals surface area contributed by atoms with E-state index in [1.54, 1.807) is 24.4 Å². The number of ether oxygens (including phenoxy) is 1. The molecule has 0 radical (unpaired) electrons. The third-order valence-corrected chi connectivity index (χ3v) is 4.35. The van der Waals surface area contributed by atoms with Crippen molar-refractivity contribution in [2.24, 2.45) is 0 Å². The van der Waals surface area contributed by atoms with E-state index >= 15 is 0 Å². The first-order valence-electron chi connectivity index (χ1n) is 8.38. The minimum atomic E-state index is -0.293. The van der Waals surface area contributed by atoms with Crippen molar-refractivity contribution in [1.29, 1.82) is 0 Å². The Hall–Kier alpha value is -2.95. The maximum Gasteiger partial charge on any atom is 0.229 e. The lowest BCUT2D eigenvalue weighted by Crippen LogP contribution is -2.24. The molecule has 0 N–H and O–H groups in total. The van der Waals surface area contributed by atoms with E-state index in [1.165, 1.54) is 17.7 Å². The Labute approximate surface area is 145 Å². The third kappa shape index (κ3) is 3.45. The summed E-state index contributed by atoms with van der Waals surface area (Å²) in [5.41, 5.74) is 1.27. The molecule has 2 heterocycles. The zero-order valence-corrected chi connectivity index (χ0v) is 13.7. The zero-order chi connectivity index (χ0) is 17.1. The van der Waals surface area contributed by atoms with E-state index in [0.717, 1.165) is 19.4 Å². The summed E-state index contributed by atoms with van der Waals surface area (Å²) in [5, 5.41) is 0.